The molecule has 0 saturated heterocycles. The summed E-state index contributed by atoms with van der Waals surface area (Å²) in [6.45, 7) is 4.34. The summed E-state index contributed by atoms with van der Waals surface area (Å²) in [5, 5.41) is 0. The molecule has 2 atom stereocenters. The number of pyridine rings is 1. The van der Waals surface area contributed by atoms with E-state index in [0.717, 1.165) is 29.7 Å². The van der Waals surface area contributed by atoms with Gasteiger partial charge >= 0.3 is 0 Å². The Morgan fingerprint density at radius 3 is 3.11 bits per heavy atom. The second-order valence-corrected chi connectivity index (χ2v) is 5.47. The smallest absolute Gasteiger partial charge is 0.0891 e. The molecule has 1 fully saturated rings. The van der Waals surface area contributed by atoms with Gasteiger partial charge in [-0.3, -0.25) is 4.98 Å². The highest BCUT2D eigenvalue weighted by molar-refractivity contribution is 5.18. The van der Waals surface area contributed by atoms with Crippen molar-refractivity contribution in [1.29, 1.82) is 0 Å². The molecule has 1 aromatic heterocycles. The van der Waals surface area contributed by atoms with Gasteiger partial charge in [0.25, 0.3) is 0 Å². The molecule has 1 aliphatic carbocycles. The summed E-state index contributed by atoms with van der Waals surface area (Å²) in [7, 11) is 0. The maximum absolute atomic E-state index is 5.83. The third kappa shape index (κ3) is 3.79. The number of hydrogen-bond donors (Lipinski definition) is 1. The maximum Gasteiger partial charge on any atom is 0.0891 e. The van der Waals surface area contributed by atoms with E-state index in [2.05, 4.69) is 11.9 Å². The van der Waals surface area contributed by atoms with Crippen LogP contribution in [0, 0.1) is 11.8 Å². The summed E-state index contributed by atoms with van der Waals surface area (Å²) >= 11 is 0. The Morgan fingerprint density at radius 2 is 2.33 bits per heavy atom. The summed E-state index contributed by atoms with van der Waals surface area (Å²) in [5.74, 6) is 1.60. The fourth-order valence-corrected chi connectivity index (χ4v) is 2.82. The van der Waals surface area contributed by atoms with Crippen LogP contribution in [0.15, 0.2) is 18.3 Å². The van der Waals surface area contributed by atoms with Crippen LogP contribution in [0.4, 0.5) is 0 Å². The van der Waals surface area contributed by atoms with Gasteiger partial charge in [-0.05, 0) is 36.3 Å². The molecule has 0 aliphatic heterocycles. The zero-order valence-corrected chi connectivity index (χ0v) is 11.3. The lowest BCUT2D eigenvalue weighted by Crippen LogP contribution is -2.18. The Labute approximate surface area is 110 Å². The highest BCUT2D eigenvalue weighted by Gasteiger charge is 2.18. The van der Waals surface area contributed by atoms with Crippen molar-refractivity contribution in [3.63, 3.8) is 0 Å². The molecule has 0 spiro atoms. The van der Waals surface area contributed by atoms with Crippen molar-refractivity contribution in [2.45, 2.75) is 45.8 Å². The van der Waals surface area contributed by atoms with E-state index in [0.29, 0.717) is 13.2 Å². The van der Waals surface area contributed by atoms with Crippen LogP contribution in [0.5, 0.6) is 0 Å². The fraction of sp³-hybridized carbons (Fsp3) is 0.667. The SMILES string of the molecule is CC1CCCC(COCc2ncccc2CN)C1. The number of aromatic nitrogens is 1. The minimum Gasteiger partial charge on any atom is -0.375 e. The lowest BCUT2D eigenvalue weighted by atomic mass is 9.83. The Kier molecular flexibility index (Phi) is 5.14. The minimum absolute atomic E-state index is 0.535. The second-order valence-electron chi connectivity index (χ2n) is 5.47. The molecule has 2 unspecified atom stereocenters. The van der Waals surface area contributed by atoms with E-state index in [4.69, 9.17) is 10.5 Å². The fourth-order valence-electron chi connectivity index (χ4n) is 2.82. The molecule has 3 heteroatoms. The summed E-state index contributed by atoms with van der Waals surface area (Å²) < 4.78 is 5.83. The first-order valence-electron chi connectivity index (χ1n) is 7.00. The molecule has 1 aliphatic rings. The first-order chi connectivity index (χ1) is 8.79. The van der Waals surface area contributed by atoms with Gasteiger partial charge in [-0.2, -0.15) is 0 Å². The monoisotopic (exact) mass is 248 g/mol. The summed E-state index contributed by atoms with van der Waals surface area (Å²) in [6.07, 6.45) is 7.17. The normalized spacial score (nSPS) is 24.1. The molecular formula is C15H24N2O. The topological polar surface area (TPSA) is 48.1 Å². The van der Waals surface area contributed by atoms with Crippen molar-refractivity contribution in [3.05, 3.63) is 29.6 Å². The Bertz CT molecular complexity index is 367. The Balaban J connectivity index is 1.77. The molecule has 3 nitrogen and oxygen atoms in total. The number of hydrogen-bond acceptors (Lipinski definition) is 3. The Hall–Kier alpha value is -0.930. The second kappa shape index (κ2) is 6.86. The zero-order valence-electron chi connectivity index (χ0n) is 11.3. The van der Waals surface area contributed by atoms with E-state index < -0.39 is 0 Å². The van der Waals surface area contributed by atoms with Gasteiger partial charge < -0.3 is 10.5 Å². The molecule has 100 valence electrons. The molecule has 2 N–H and O–H groups in total. The zero-order chi connectivity index (χ0) is 12.8. The van der Waals surface area contributed by atoms with Gasteiger partial charge in [0.2, 0.25) is 0 Å². The average molecular weight is 248 g/mol. The van der Waals surface area contributed by atoms with Crippen molar-refractivity contribution in [2.75, 3.05) is 6.61 Å². The van der Waals surface area contributed by atoms with Crippen LogP contribution in [0.1, 0.15) is 43.9 Å². The van der Waals surface area contributed by atoms with Crippen molar-refractivity contribution < 1.29 is 4.74 Å². The van der Waals surface area contributed by atoms with E-state index in [1.54, 1.807) is 6.20 Å². The molecule has 0 radical (unpaired) electrons. The molecule has 1 aromatic rings. The quantitative estimate of drug-likeness (QED) is 0.871. The minimum atomic E-state index is 0.535. The van der Waals surface area contributed by atoms with Crippen LogP contribution in [-0.4, -0.2) is 11.6 Å². The third-order valence-electron chi connectivity index (χ3n) is 3.84. The van der Waals surface area contributed by atoms with Crippen molar-refractivity contribution in [2.24, 2.45) is 17.6 Å². The highest BCUT2D eigenvalue weighted by atomic mass is 16.5. The van der Waals surface area contributed by atoms with Gasteiger partial charge in [0, 0.05) is 19.3 Å². The summed E-state index contributed by atoms with van der Waals surface area (Å²) in [4.78, 5) is 4.34. The van der Waals surface area contributed by atoms with Gasteiger partial charge in [-0.15, -0.1) is 0 Å². The van der Waals surface area contributed by atoms with Gasteiger partial charge in [0.15, 0.2) is 0 Å². The van der Waals surface area contributed by atoms with Gasteiger partial charge in [0.1, 0.15) is 0 Å². The first-order valence-corrected chi connectivity index (χ1v) is 7.00. The van der Waals surface area contributed by atoms with E-state index in [-0.39, 0.29) is 0 Å². The van der Waals surface area contributed by atoms with E-state index in [1.165, 1.54) is 25.7 Å². The van der Waals surface area contributed by atoms with Crippen LogP contribution >= 0.6 is 0 Å². The van der Waals surface area contributed by atoms with E-state index >= 15 is 0 Å². The standard InChI is InChI=1S/C15H24N2O/c1-12-4-2-5-13(8-12)10-18-11-15-14(9-16)6-3-7-17-15/h3,6-7,12-13H,2,4-5,8-11,16H2,1H3. The highest BCUT2D eigenvalue weighted by Crippen LogP contribution is 2.28. The molecule has 0 amide bonds. The lowest BCUT2D eigenvalue weighted by molar-refractivity contribution is 0.0637. The molecule has 18 heavy (non-hydrogen) atoms. The predicted molar refractivity (Wildman–Crippen MR) is 72.9 cm³/mol. The number of nitrogens with zero attached hydrogens (tertiary/aromatic N) is 1. The molecule has 0 bridgehead atoms. The maximum atomic E-state index is 5.83. The summed E-state index contributed by atoms with van der Waals surface area (Å²) in [6, 6.07) is 3.95. The molecule has 0 aromatic carbocycles. The van der Waals surface area contributed by atoms with Crippen molar-refractivity contribution in [1.82, 2.24) is 4.98 Å². The van der Waals surface area contributed by atoms with E-state index in [1.807, 2.05) is 12.1 Å². The van der Waals surface area contributed by atoms with E-state index in [9.17, 15) is 0 Å². The van der Waals surface area contributed by atoms with Crippen LogP contribution in [0.25, 0.3) is 0 Å². The largest absolute Gasteiger partial charge is 0.375 e. The van der Waals surface area contributed by atoms with Crippen molar-refractivity contribution >= 4 is 0 Å². The van der Waals surface area contributed by atoms with Crippen LogP contribution < -0.4 is 5.73 Å². The van der Waals surface area contributed by atoms with Crippen LogP contribution in [0.2, 0.25) is 0 Å². The number of rotatable bonds is 5. The molecule has 2 rings (SSSR count). The van der Waals surface area contributed by atoms with Crippen LogP contribution in [0.3, 0.4) is 0 Å². The van der Waals surface area contributed by atoms with Gasteiger partial charge in [0.05, 0.1) is 12.3 Å². The number of ether oxygens (including phenoxy) is 1. The first kappa shape index (κ1) is 13.5. The summed E-state index contributed by atoms with van der Waals surface area (Å²) in [5.41, 5.74) is 7.77. The van der Waals surface area contributed by atoms with Crippen molar-refractivity contribution in [3.8, 4) is 0 Å². The average Bonchev–Trinajstić information content (AvgIpc) is 2.39. The van der Waals surface area contributed by atoms with Crippen LogP contribution in [-0.2, 0) is 17.9 Å². The predicted octanol–water partition coefficient (Wildman–Crippen LogP) is 2.88. The van der Waals surface area contributed by atoms with Gasteiger partial charge in [-0.1, -0.05) is 25.8 Å². The molecule has 1 saturated carbocycles. The third-order valence-corrected chi connectivity index (χ3v) is 3.84. The molecule has 1 heterocycles. The lowest BCUT2D eigenvalue weighted by Gasteiger charge is -2.26. The Morgan fingerprint density at radius 1 is 1.44 bits per heavy atom. The van der Waals surface area contributed by atoms with Gasteiger partial charge in [-0.25, -0.2) is 0 Å². The number of nitrogens with two attached hydrogens (primary N) is 1. The molecular weight excluding hydrogens is 224 g/mol.